The van der Waals surface area contributed by atoms with Crippen LogP contribution in [0.15, 0.2) is 24.4 Å². The Balaban J connectivity index is 1.79. The molecule has 1 fully saturated rings. The number of carbonyl (C=O) groups excluding carboxylic acids is 1. The van der Waals surface area contributed by atoms with Crippen LogP contribution in [0.4, 0.5) is 10.5 Å². The number of hydrogen-bond acceptors (Lipinski definition) is 7. The number of fused-ring (bicyclic) bond motifs is 1. The van der Waals surface area contributed by atoms with Crippen molar-refractivity contribution in [1.82, 2.24) is 9.88 Å². The van der Waals surface area contributed by atoms with Gasteiger partial charge in [-0.15, -0.1) is 0 Å². The maximum absolute atomic E-state index is 10.7. The summed E-state index contributed by atoms with van der Waals surface area (Å²) in [6, 6.07) is 6.23. The number of piperazine rings is 1. The molecule has 1 aromatic carbocycles. The van der Waals surface area contributed by atoms with E-state index in [-0.39, 0.29) is 0 Å². The molecule has 27 heavy (non-hydrogen) atoms. The number of pyridine rings is 1. The fourth-order valence-corrected chi connectivity index (χ4v) is 3.54. The second-order valence-electron chi connectivity index (χ2n) is 6.55. The maximum atomic E-state index is 10.7. The van der Waals surface area contributed by atoms with E-state index in [4.69, 9.17) is 19.9 Å². The Kier molecular flexibility index (Phi) is 5.85. The van der Waals surface area contributed by atoms with Crippen molar-refractivity contribution in [3.8, 4) is 11.5 Å². The van der Waals surface area contributed by atoms with E-state index in [1.807, 2.05) is 24.4 Å². The molecular weight excluding hydrogens is 348 g/mol. The summed E-state index contributed by atoms with van der Waals surface area (Å²) >= 11 is 0. The van der Waals surface area contributed by atoms with Crippen LogP contribution >= 0.6 is 0 Å². The van der Waals surface area contributed by atoms with Crippen molar-refractivity contribution in [3.63, 3.8) is 0 Å². The van der Waals surface area contributed by atoms with Crippen LogP contribution in [0.25, 0.3) is 10.9 Å². The zero-order valence-corrected chi connectivity index (χ0v) is 16.0. The van der Waals surface area contributed by atoms with Crippen LogP contribution < -0.4 is 20.1 Å². The molecule has 0 radical (unpaired) electrons. The molecule has 146 valence electrons. The van der Waals surface area contributed by atoms with Gasteiger partial charge in [-0.05, 0) is 19.1 Å². The summed E-state index contributed by atoms with van der Waals surface area (Å²) < 4.78 is 15.7. The molecule has 2 N–H and O–H groups in total. The van der Waals surface area contributed by atoms with Crippen molar-refractivity contribution in [2.24, 2.45) is 5.73 Å². The highest BCUT2D eigenvalue weighted by atomic mass is 16.5. The minimum atomic E-state index is -0.728. The molecule has 0 saturated carbocycles. The zero-order valence-electron chi connectivity index (χ0n) is 16.0. The molecule has 0 spiro atoms. The number of nitrogens with zero attached hydrogens (tertiary/aromatic N) is 3. The summed E-state index contributed by atoms with van der Waals surface area (Å²) in [6.07, 6.45) is 1.09. The smallest absolute Gasteiger partial charge is 0.404 e. The molecule has 8 nitrogen and oxygen atoms in total. The Morgan fingerprint density at radius 2 is 2.00 bits per heavy atom. The number of primary amides is 1. The Labute approximate surface area is 158 Å². The molecular formula is C19H26N4O4. The number of rotatable bonds is 6. The number of anilines is 1. The van der Waals surface area contributed by atoms with Crippen LogP contribution in [0.5, 0.6) is 11.5 Å². The van der Waals surface area contributed by atoms with Gasteiger partial charge in [-0.3, -0.25) is 9.88 Å². The van der Waals surface area contributed by atoms with Crippen LogP contribution in [0.1, 0.15) is 6.92 Å². The molecule has 1 aromatic heterocycles. The van der Waals surface area contributed by atoms with E-state index in [2.05, 4.69) is 21.7 Å². The zero-order chi connectivity index (χ0) is 19.4. The third kappa shape index (κ3) is 4.16. The second kappa shape index (κ2) is 8.30. The van der Waals surface area contributed by atoms with Crippen molar-refractivity contribution in [1.29, 1.82) is 0 Å². The van der Waals surface area contributed by atoms with Crippen molar-refractivity contribution >= 4 is 22.7 Å². The van der Waals surface area contributed by atoms with Gasteiger partial charge in [-0.25, -0.2) is 4.79 Å². The largest absolute Gasteiger partial charge is 0.493 e. The Bertz CT molecular complexity index is 814. The number of amides is 1. The molecule has 1 atom stereocenters. The van der Waals surface area contributed by atoms with Crippen LogP contribution in [0.2, 0.25) is 0 Å². The van der Waals surface area contributed by atoms with Crippen LogP contribution in [-0.4, -0.2) is 69.0 Å². The summed E-state index contributed by atoms with van der Waals surface area (Å²) in [5.41, 5.74) is 7.02. The third-order valence-corrected chi connectivity index (χ3v) is 4.95. The van der Waals surface area contributed by atoms with Crippen LogP contribution in [-0.2, 0) is 4.74 Å². The number of methoxy groups -OCH3 is 2. The van der Waals surface area contributed by atoms with Crippen LogP contribution in [0, 0.1) is 0 Å². The predicted octanol–water partition coefficient (Wildman–Crippen LogP) is 1.86. The molecule has 1 aliphatic rings. The number of carbonyl (C=O) groups is 1. The minimum Gasteiger partial charge on any atom is -0.493 e. The van der Waals surface area contributed by atoms with Gasteiger partial charge in [0.25, 0.3) is 0 Å². The van der Waals surface area contributed by atoms with E-state index in [0.717, 1.165) is 36.2 Å². The monoisotopic (exact) mass is 374 g/mol. The van der Waals surface area contributed by atoms with Gasteiger partial charge in [0, 0.05) is 55.6 Å². The Morgan fingerprint density at radius 3 is 2.67 bits per heavy atom. The van der Waals surface area contributed by atoms with E-state index in [9.17, 15) is 4.79 Å². The Morgan fingerprint density at radius 1 is 1.26 bits per heavy atom. The summed E-state index contributed by atoms with van der Waals surface area (Å²) in [6.45, 7) is 5.77. The highest BCUT2D eigenvalue weighted by molar-refractivity contribution is 5.94. The average Bonchev–Trinajstić information content (AvgIpc) is 2.67. The predicted molar refractivity (Wildman–Crippen MR) is 104 cm³/mol. The van der Waals surface area contributed by atoms with E-state index >= 15 is 0 Å². The molecule has 1 amide bonds. The lowest BCUT2D eigenvalue weighted by Crippen LogP contribution is -2.52. The number of aromatic nitrogens is 1. The minimum absolute atomic E-state index is 0.314. The first-order valence-corrected chi connectivity index (χ1v) is 8.95. The number of nitrogens with two attached hydrogens (primary N) is 1. The summed E-state index contributed by atoms with van der Waals surface area (Å²) in [7, 11) is 3.26. The van der Waals surface area contributed by atoms with Gasteiger partial charge in [0.1, 0.15) is 6.61 Å². The standard InChI is InChI=1S/C19H26N4O4/c1-13-12-23(7-6-22(13)8-9-27-19(20)24)16-4-5-21-15-11-18(26-3)17(25-2)10-14(15)16/h4-5,10-11,13H,6-9,12H2,1-3H3,(H2,20,24). The van der Waals surface area contributed by atoms with Gasteiger partial charge in [0.2, 0.25) is 0 Å². The first-order chi connectivity index (χ1) is 13.0. The highest BCUT2D eigenvalue weighted by Crippen LogP contribution is 2.36. The number of ether oxygens (including phenoxy) is 3. The van der Waals surface area contributed by atoms with E-state index in [0.29, 0.717) is 30.7 Å². The molecule has 2 heterocycles. The van der Waals surface area contributed by atoms with Gasteiger partial charge < -0.3 is 24.8 Å². The molecule has 2 aromatic rings. The summed E-state index contributed by atoms with van der Waals surface area (Å²) in [5, 5.41) is 1.04. The SMILES string of the molecule is COc1cc2nccc(N3CCN(CCOC(N)=O)C(C)C3)c2cc1OC. The molecule has 1 aliphatic heterocycles. The fraction of sp³-hybridized carbons (Fsp3) is 0.474. The lowest BCUT2D eigenvalue weighted by molar-refractivity contribution is 0.116. The molecule has 8 heteroatoms. The number of hydrogen-bond donors (Lipinski definition) is 1. The first kappa shape index (κ1) is 19.0. The van der Waals surface area contributed by atoms with Crippen molar-refractivity contribution in [2.45, 2.75) is 13.0 Å². The second-order valence-corrected chi connectivity index (χ2v) is 6.55. The molecule has 1 saturated heterocycles. The van der Waals surface area contributed by atoms with Crippen molar-refractivity contribution in [2.75, 3.05) is 51.9 Å². The highest BCUT2D eigenvalue weighted by Gasteiger charge is 2.25. The molecule has 3 rings (SSSR count). The summed E-state index contributed by atoms with van der Waals surface area (Å²) in [4.78, 5) is 19.9. The molecule has 1 unspecified atom stereocenters. The van der Waals surface area contributed by atoms with Gasteiger partial charge in [-0.1, -0.05) is 0 Å². The van der Waals surface area contributed by atoms with Gasteiger partial charge >= 0.3 is 6.09 Å². The van der Waals surface area contributed by atoms with E-state index in [1.165, 1.54) is 0 Å². The first-order valence-electron chi connectivity index (χ1n) is 8.95. The van der Waals surface area contributed by atoms with Gasteiger partial charge in [0.15, 0.2) is 11.5 Å². The van der Waals surface area contributed by atoms with E-state index in [1.54, 1.807) is 14.2 Å². The average molecular weight is 374 g/mol. The topological polar surface area (TPSA) is 90.1 Å². The lowest BCUT2D eigenvalue weighted by atomic mass is 10.1. The third-order valence-electron chi connectivity index (χ3n) is 4.95. The quantitative estimate of drug-likeness (QED) is 0.825. The molecule has 0 bridgehead atoms. The van der Waals surface area contributed by atoms with Crippen molar-refractivity contribution in [3.05, 3.63) is 24.4 Å². The normalized spacial score (nSPS) is 17.7. The summed E-state index contributed by atoms with van der Waals surface area (Å²) in [5.74, 6) is 1.36. The van der Waals surface area contributed by atoms with Gasteiger partial charge in [0.05, 0.1) is 19.7 Å². The van der Waals surface area contributed by atoms with Crippen molar-refractivity contribution < 1.29 is 19.0 Å². The van der Waals surface area contributed by atoms with Crippen LogP contribution in [0.3, 0.4) is 0 Å². The fourth-order valence-electron chi connectivity index (χ4n) is 3.54. The molecule has 0 aliphatic carbocycles. The Hall–Kier alpha value is -2.74. The van der Waals surface area contributed by atoms with Gasteiger partial charge in [-0.2, -0.15) is 0 Å². The lowest BCUT2D eigenvalue weighted by Gasteiger charge is -2.41. The van der Waals surface area contributed by atoms with E-state index < -0.39 is 6.09 Å². The maximum Gasteiger partial charge on any atom is 0.404 e. The number of benzene rings is 1.